The summed E-state index contributed by atoms with van der Waals surface area (Å²) in [6, 6.07) is 2.00. The summed E-state index contributed by atoms with van der Waals surface area (Å²) in [7, 11) is 1.62. The zero-order valence-corrected chi connectivity index (χ0v) is 10.9. The van der Waals surface area contributed by atoms with Crippen molar-refractivity contribution >= 4 is 6.09 Å². The molecular weight excluding hydrogens is 220 g/mol. The Morgan fingerprint density at radius 3 is 2.65 bits per heavy atom. The van der Waals surface area contributed by atoms with Gasteiger partial charge in [0.25, 0.3) is 0 Å². The van der Waals surface area contributed by atoms with Gasteiger partial charge in [-0.1, -0.05) is 0 Å². The van der Waals surface area contributed by atoms with E-state index in [9.17, 15) is 4.79 Å². The molecule has 0 aromatic rings. The van der Waals surface area contributed by atoms with Crippen molar-refractivity contribution in [3.05, 3.63) is 0 Å². The molecule has 1 heterocycles. The second-order valence-electron chi connectivity index (χ2n) is 5.24. The number of methoxy groups -OCH3 is 1. The third-order valence-electron chi connectivity index (χ3n) is 2.66. The summed E-state index contributed by atoms with van der Waals surface area (Å²) in [6.45, 7) is 5.98. The van der Waals surface area contributed by atoms with Crippen LogP contribution in [0.4, 0.5) is 4.79 Å². The van der Waals surface area contributed by atoms with Gasteiger partial charge in [-0.3, -0.25) is 0 Å². The van der Waals surface area contributed by atoms with Gasteiger partial charge in [0.1, 0.15) is 5.60 Å². The zero-order chi connectivity index (χ0) is 13.1. The Kier molecular flexibility index (Phi) is 4.35. The lowest BCUT2D eigenvalue weighted by molar-refractivity contribution is 0.0199. The minimum Gasteiger partial charge on any atom is -0.444 e. The lowest BCUT2D eigenvalue weighted by atomic mass is 10.1. The number of nitriles is 1. The maximum Gasteiger partial charge on any atom is 0.410 e. The van der Waals surface area contributed by atoms with E-state index in [0.29, 0.717) is 19.4 Å². The highest BCUT2D eigenvalue weighted by atomic mass is 16.6. The van der Waals surface area contributed by atoms with Crippen molar-refractivity contribution < 1.29 is 14.3 Å². The first-order valence-electron chi connectivity index (χ1n) is 5.76. The lowest BCUT2D eigenvalue weighted by Crippen LogP contribution is -2.40. The highest BCUT2D eigenvalue weighted by Gasteiger charge is 2.37. The van der Waals surface area contributed by atoms with Crippen LogP contribution in [-0.4, -0.2) is 42.4 Å². The minimum atomic E-state index is -0.514. The maximum absolute atomic E-state index is 11.9. The molecule has 1 saturated heterocycles. The summed E-state index contributed by atoms with van der Waals surface area (Å²) in [6.07, 6.45) is 0.653. The van der Waals surface area contributed by atoms with E-state index >= 15 is 0 Å². The van der Waals surface area contributed by atoms with E-state index in [0.717, 1.165) is 0 Å². The highest BCUT2D eigenvalue weighted by molar-refractivity contribution is 5.69. The molecule has 0 radical (unpaired) electrons. The number of carbonyl (C=O) groups is 1. The number of carbonyl (C=O) groups excluding carboxylic acids is 1. The van der Waals surface area contributed by atoms with Gasteiger partial charge in [0.15, 0.2) is 0 Å². The SMILES string of the molecule is CO[C@@H]1C[C@H](CC#N)N(C(=O)OC(C)(C)C)C1. The molecule has 1 fully saturated rings. The largest absolute Gasteiger partial charge is 0.444 e. The van der Waals surface area contributed by atoms with Gasteiger partial charge in [0, 0.05) is 7.11 Å². The summed E-state index contributed by atoms with van der Waals surface area (Å²) in [5.41, 5.74) is -0.514. The fourth-order valence-electron chi connectivity index (χ4n) is 1.89. The van der Waals surface area contributed by atoms with Crippen LogP contribution >= 0.6 is 0 Å². The second kappa shape index (κ2) is 5.37. The van der Waals surface area contributed by atoms with E-state index in [1.807, 2.05) is 20.8 Å². The van der Waals surface area contributed by atoms with E-state index in [1.54, 1.807) is 12.0 Å². The topological polar surface area (TPSA) is 62.6 Å². The monoisotopic (exact) mass is 240 g/mol. The molecule has 2 atom stereocenters. The van der Waals surface area contributed by atoms with Crippen LogP contribution in [0.1, 0.15) is 33.6 Å². The molecule has 1 amide bonds. The zero-order valence-electron chi connectivity index (χ0n) is 10.9. The molecule has 0 N–H and O–H groups in total. The van der Waals surface area contributed by atoms with E-state index in [-0.39, 0.29) is 18.2 Å². The van der Waals surface area contributed by atoms with E-state index < -0.39 is 5.60 Å². The summed E-state index contributed by atoms with van der Waals surface area (Å²) < 4.78 is 10.6. The van der Waals surface area contributed by atoms with Crippen molar-refractivity contribution in [1.82, 2.24) is 4.90 Å². The predicted molar refractivity (Wildman–Crippen MR) is 62.4 cm³/mol. The number of ether oxygens (including phenoxy) is 2. The second-order valence-corrected chi connectivity index (χ2v) is 5.24. The van der Waals surface area contributed by atoms with Gasteiger partial charge in [-0.2, -0.15) is 5.26 Å². The molecule has 0 aromatic heterocycles. The third kappa shape index (κ3) is 3.90. The normalized spacial score (nSPS) is 24.5. The Bertz CT molecular complexity index is 317. The van der Waals surface area contributed by atoms with Crippen LogP contribution in [0, 0.1) is 11.3 Å². The molecule has 0 spiro atoms. The lowest BCUT2D eigenvalue weighted by Gasteiger charge is -2.27. The van der Waals surface area contributed by atoms with Gasteiger partial charge < -0.3 is 14.4 Å². The third-order valence-corrected chi connectivity index (χ3v) is 2.66. The molecule has 1 rings (SSSR count). The standard InChI is InChI=1S/C12H20N2O3/c1-12(2,3)17-11(15)14-8-10(16-4)7-9(14)5-6-13/h9-10H,5,7-8H2,1-4H3/t9-,10+/m0/s1. The molecule has 0 aromatic carbocycles. The number of hydrogen-bond donors (Lipinski definition) is 0. The molecule has 5 heteroatoms. The molecule has 1 aliphatic heterocycles. The molecule has 0 aliphatic carbocycles. The molecule has 0 saturated carbocycles. The van der Waals surface area contributed by atoms with Crippen molar-refractivity contribution in [3.8, 4) is 6.07 Å². The summed E-state index contributed by atoms with van der Waals surface area (Å²) in [5.74, 6) is 0. The smallest absolute Gasteiger partial charge is 0.410 e. The average molecular weight is 240 g/mol. The van der Waals surface area contributed by atoms with Crippen LogP contribution in [0.15, 0.2) is 0 Å². The molecular formula is C12H20N2O3. The van der Waals surface area contributed by atoms with Gasteiger partial charge in [-0.15, -0.1) is 0 Å². The van der Waals surface area contributed by atoms with Gasteiger partial charge in [-0.05, 0) is 27.2 Å². The number of hydrogen-bond acceptors (Lipinski definition) is 4. The Labute approximate surface area is 102 Å². The Hall–Kier alpha value is -1.28. The quantitative estimate of drug-likeness (QED) is 0.739. The van der Waals surface area contributed by atoms with Crippen LogP contribution in [0.2, 0.25) is 0 Å². The number of amides is 1. The van der Waals surface area contributed by atoms with Crippen molar-refractivity contribution in [1.29, 1.82) is 5.26 Å². The van der Waals surface area contributed by atoms with Crippen LogP contribution < -0.4 is 0 Å². The molecule has 1 aliphatic rings. The number of likely N-dealkylation sites (tertiary alicyclic amines) is 1. The molecule has 0 unspecified atom stereocenters. The van der Waals surface area contributed by atoms with Gasteiger partial charge in [0.2, 0.25) is 0 Å². The maximum atomic E-state index is 11.9. The average Bonchev–Trinajstić information content (AvgIpc) is 2.59. The van der Waals surface area contributed by atoms with E-state index in [1.165, 1.54) is 0 Å². The fourth-order valence-corrected chi connectivity index (χ4v) is 1.89. The first kappa shape index (κ1) is 13.8. The summed E-state index contributed by atoms with van der Waals surface area (Å²) in [4.78, 5) is 13.5. The Morgan fingerprint density at radius 2 is 2.18 bits per heavy atom. The van der Waals surface area contributed by atoms with Gasteiger partial charge in [0.05, 0.1) is 31.2 Å². The van der Waals surface area contributed by atoms with Gasteiger partial charge >= 0.3 is 6.09 Å². The van der Waals surface area contributed by atoms with Crippen LogP contribution in [0.25, 0.3) is 0 Å². The Morgan fingerprint density at radius 1 is 1.53 bits per heavy atom. The van der Waals surface area contributed by atoms with Crippen LogP contribution in [0.3, 0.4) is 0 Å². The van der Waals surface area contributed by atoms with Gasteiger partial charge in [-0.25, -0.2) is 4.79 Å². The summed E-state index contributed by atoms with van der Waals surface area (Å²) >= 11 is 0. The minimum absolute atomic E-state index is 0.000804. The van der Waals surface area contributed by atoms with Crippen molar-refractivity contribution in [2.75, 3.05) is 13.7 Å². The van der Waals surface area contributed by atoms with Crippen molar-refractivity contribution in [3.63, 3.8) is 0 Å². The Balaban J connectivity index is 2.67. The van der Waals surface area contributed by atoms with Crippen molar-refractivity contribution in [2.45, 2.75) is 51.4 Å². The highest BCUT2D eigenvalue weighted by Crippen LogP contribution is 2.24. The first-order chi connectivity index (χ1) is 7.87. The number of nitrogens with zero attached hydrogens (tertiary/aromatic N) is 2. The van der Waals surface area contributed by atoms with Crippen LogP contribution in [0.5, 0.6) is 0 Å². The molecule has 96 valence electrons. The summed E-state index contributed by atoms with van der Waals surface area (Å²) in [5, 5.41) is 8.75. The fraction of sp³-hybridized carbons (Fsp3) is 0.833. The predicted octanol–water partition coefficient (Wildman–Crippen LogP) is 1.92. The first-order valence-corrected chi connectivity index (χ1v) is 5.76. The van der Waals surface area contributed by atoms with Crippen LogP contribution in [-0.2, 0) is 9.47 Å². The molecule has 17 heavy (non-hydrogen) atoms. The molecule has 0 bridgehead atoms. The molecule has 5 nitrogen and oxygen atoms in total. The number of rotatable bonds is 2. The van der Waals surface area contributed by atoms with E-state index in [2.05, 4.69) is 6.07 Å². The van der Waals surface area contributed by atoms with Crippen molar-refractivity contribution in [2.24, 2.45) is 0 Å². The van der Waals surface area contributed by atoms with E-state index in [4.69, 9.17) is 14.7 Å².